The fourth-order valence-corrected chi connectivity index (χ4v) is 1.80. The molecule has 0 aliphatic carbocycles. The van der Waals surface area contributed by atoms with Crippen molar-refractivity contribution >= 4 is 0 Å². The average molecular weight is 247 g/mol. The second-order valence-corrected chi connectivity index (χ2v) is 4.92. The smallest absolute Gasteiger partial charge is 0.124 e. The van der Waals surface area contributed by atoms with Gasteiger partial charge in [0.15, 0.2) is 0 Å². The Morgan fingerprint density at radius 2 is 2.11 bits per heavy atom. The Hall–Kier alpha value is -1.28. The third-order valence-corrected chi connectivity index (χ3v) is 2.78. The Labute approximate surface area is 111 Å². The number of para-hydroxylation sites is 1. The standard InChI is InChI=1S/C16H25NO/c1-4-12-18-16-10-6-5-9-15(16)13-17-11-7-8-14(2)3/h4-6,9-10,14,17H,1,7-8,11-13H2,2-3H3. The summed E-state index contributed by atoms with van der Waals surface area (Å²) in [7, 11) is 0. The van der Waals surface area contributed by atoms with Crippen LogP contribution in [-0.4, -0.2) is 13.2 Å². The van der Waals surface area contributed by atoms with Crippen LogP contribution in [0, 0.1) is 5.92 Å². The van der Waals surface area contributed by atoms with Crippen molar-refractivity contribution < 1.29 is 4.74 Å². The first-order valence-corrected chi connectivity index (χ1v) is 6.76. The van der Waals surface area contributed by atoms with Gasteiger partial charge in [0.05, 0.1) is 0 Å². The summed E-state index contributed by atoms with van der Waals surface area (Å²) in [5.41, 5.74) is 1.21. The Kier molecular flexibility index (Phi) is 7.19. The van der Waals surface area contributed by atoms with E-state index in [-0.39, 0.29) is 0 Å². The molecular weight excluding hydrogens is 222 g/mol. The molecule has 0 aliphatic heterocycles. The van der Waals surface area contributed by atoms with Gasteiger partial charge in [0.25, 0.3) is 0 Å². The minimum atomic E-state index is 0.560. The summed E-state index contributed by atoms with van der Waals surface area (Å²) in [6.45, 7) is 10.7. The molecule has 0 bridgehead atoms. The summed E-state index contributed by atoms with van der Waals surface area (Å²) >= 11 is 0. The zero-order chi connectivity index (χ0) is 13.2. The van der Waals surface area contributed by atoms with E-state index < -0.39 is 0 Å². The van der Waals surface area contributed by atoms with E-state index in [1.165, 1.54) is 18.4 Å². The lowest BCUT2D eigenvalue weighted by Crippen LogP contribution is -2.16. The molecule has 2 nitrogen and oxygen atoms in total. The summed E-state index contributed by atoms with van der Waals surface area (Å²) in [5.74, 6) is 1.74. The lowest BCUT2D eigenvalue weighted by atomic mass is 10.1. The zero-order valence-corrected chi connectivity index (χ0v) is 11.6. The van der Waals surface area contributed by atoms with Gasteiger partial charge in [-0.3, -0.25) is 0 Å². The number of hydrogen-bond acceptors (Lipinski definition) is 2. The number of benzene rings is 1. The van der Waals surface area contributed by atoms with E-state index in [9.17, 15) is 0 Å². The molecular formula is C16H25NO. The highest BCUT2D eigenvalue weighted by atomic mass is 16.5. The molecule has 0 radical (unpaired) electrons. The van der Waals surface area contributed by atoms with Gasteiger partial charge in [0.2, 0.25) is 0 Å². The molecule has 2 heteroatoms. The maximum Gasteiger partial charge on any atom is 0.124 e. The van der Waals surface area contributed by atoms with Crippen LogP contribution >= 0.6 is 0 Å². The first kappa shape index (κ1) is 14.8. The van der Waals surface area contributed by atoms with Gasteiger partial charge in [-0.2, -0.15) is 0 Å². The predicted octanol–water partition coefficient (Wildman–Crippen LogP) is 3.78. The fourth-order valence-electron chi connectivity index (χ4n) is 1.80. The Balaban J connectivity index is 2.34. The van der Waals surface area contributed by atoms with Gasteiger partial charge in [-0.05, 0) is 31.4 Å². The maximum atomic E-state index is 5.62. The van der Waals surface area contributed by atoms with E-state index in [1.807, 2.05) is 18.2 Å². The van der Waals surface area contributed by atoms with Gasteiger partial charge >= 0.3 is 0 Å². The van der Waals surface area contributed by atoms with E-state index in [1.54, 1.807) is 6.08 Å². The van der Waals surface area contributed by atoms with Crippen LogP contribution in [-0.2, 0) is 6.54 Å². The lowest BCUT2D eigenvalue weighted by Gasteiger charge is -2.11. The van der Waals surface area contributed by atoms with Crippen LogP contribution in [0.15, 0.2) is 36.9 Å². The van der Waals surface area contributed by atoms with Crippen LogP contribution < -0.4 is 10.1 Å². The zero-order valence-electron chi connectivity index (χ0n) is 11.6. The molecule has 1 N–H and O–H groups in total. The van der Waals surface area contributed by atoms with Crippen molar-refractivity contribution in [1.29, 1.82) is 0 Å². The molecule has 100 valence electrons. The third-order valence-electron chi connectivity index (χ3n) is 2.78. The monoisotopic (exact) mass is 247 g/mol. The van der Waals surface area contributed by atoms with Crippen molar-refractivity contribution in [1.82, 2.24) is 5.32 Å². The van der Waals surface area contributed by atoms with E-state index in [2.05, 4.69) is 31.8 Å². The molecule has 0 heterocycles. The molecule has 0 fully saturated rings. The summed E-state index contributed by atoms with van der Waals surface area (Å²) in [6, 6.07) is 8.16. The number of rotatable bonds is 9. The Morgan fingerprint density at radius 1 is 1.33 bits per heavy atom. The third kappa shape index (κ3) is 5.87. The molecule has 0 spiro atoms. The number of hydrogen-bond donors (Lipinski definition) is 1. The summed E-state index contributed by atoms with van der Waals surface area (Å²) in [6.07, 6.45) is 4.28. The Bertz CT molecular complexity index is 347. The second-order valence-electron chi connectivity index (χ2n) is 4.92. The van der Waals surface area contributed by atoms with E-state index >= 15 is 0 Å². The van der Waals surface area contributed by atoms with E-state index in [0.717, 1.165) is 24.8 Å². The molecule has 1 rings (SSSR count). The lowest BCUT2D eigenvalue weighted by molar-refractivity contribution is 0.357. The van der Waals surface area contributed by atoms with Crippen LogP contribution in [0.4, 0.5) is 0 Å². The van der Waals surface area contributed by atoms with Crippen LogP contribution in [0.1, 0.15) is 32.3 Å². The minimum absolute atomic E-state index is 0.560. The fraction of sp³-hybridized carbons (Fsp3) is 0.500. The maximum absolute atomic E-state index is 5.62. The van der Waals surface area contributed by atoms with Gasteiger partial charge in [0.1, 0.15) is 12.4 Å². The molecule has 0 saturated carbocycles. The largest absolute Gasteiger partial charge is 0.489 e. The van der Waals surface area contributed by atoms with Crippen molar-refractivity contribution in [2.75, 3.05) is 13.2 Å². The van der Waals surface area contributed by atoms with Crippen molar-refractivity contribution in [3.63, 3.8) is 0 Å². The van der Waals surface area contributed by atoms with Crippen LogP contribution in [0.5, 0.6) is 5.75 Å². The number of ether oxygens (including phenoxy) is 1. The highest BCUT2D eigenvalue weighted by molar-refractivity contribution is 5.33. The second kappa shape index (κ2) is 8.76. The van der Waals surface area contributed by atoms with Crippen LogP contribution in [0.3, 0.4) is 0 Å². The van der Waals surface area contributed by atoms with Crippen molar-refractivity contribution in [3.8, 4) is 5.75 Å². The highest BCUT2D eigenvalue weighted by Gasteiger charge is 2.01. The van der Waals surface area contributed by atoms with Gasteiger partial charge in [-0.1, -0.05) is 44.7 Å². The average Bonchev–Trinajstić information content (AvgIpc) is 2.36. The summed E-state index contributed by atoms with van der Waals surface area (Å²) in [5, 5.41) is 3.47. The van der Waals surface area contributed by atoms with Crippen molar-refractivity contribution in [2.45, 2.75) is 33.2 Å². The summed E-state index contributed by atoms with van der Waals surface area (Å²) < 4.78 is 5.62. The van der Waals surface area contributed by atoms with Crippen molar-refractivity contribution in [2.24, 2.45) is 5.92 Å². The SMILES string of the molecule is C=CCOc1ccccc1CNCCCC(C)C. The molecule has 1 aromatic carbocycles. The van der Waals surface area contributed by atoms with Gasteiger partial charge in [-0.15, -0.1) is 0 Å². The molecule has 0 aliphatic rings. The quantitative estimate of drug-likeness (QED) is 0.529. The van der Waals surface area contributed by atoms with Gasteiger partial charge in [-0.25, -0.2) is 0 Å². The molecule has 0 atom stereocenters. The van der Waals surface area contributed by atoms with E-state index in [0.29, 0.717) is 6.61 Å². The molecule has 0 amide bonds. The van der Waals surface area contributed by atoms with Crippen LogP contribution in [0.25, 0.3) is 0 Å². The first-order chi connectivity index (χ1) is 8.74. The van der Waals surface area contributed by atoms with Crippen LogP contribution in [0.2, 0.25) is 0 Å². The topological polar surface area (TPSA) is 21.3 Å². The summed E-state index contributed by atoms with van der Waals surface area (Å²) in [4.78, 5) is 0. The first-order valence-electron chi connectivity index (χ1n) is 6.76. The minimum Gasteiger partial charge on any atom is -0.489 e. The molecule has 0 aromatic heterocycles. The highest BCUT2D eigenvalue weighted by Crippen LogP contribution is 2.17. The molecule has 0 saturated heterocycles. The Morgan fingerprint density at radius 3 is 2.83 bits per heavy atom. The molecule has 0 unspecified atom stereocenters. The van der Waals surface area contributed by atoms with Gasteiger partial charge in [0, 0.05) is 12.1 Å². The predicted molar refractivity (Wildman–Crippen MR) is 77.9 cm³/mol. The van der Waals surface area contributed by atoms with Crippen molar-refractivity contribution in [3.05, 3.63) is 42.5 Å². The molecule has 1 aromatic rings. The number of nitrogens with one attached hydrogen (secondary N) is 1. The molecule has 18 heavy (non-hydrogen) atoms. The normalized spacial score (nSPS) is 10.6. The van der Waals surface area contributed by atoms with Gasteiger partial charge < -0.3 is 10.1 Å². The van der Waals surface area contributed by atoms with E-state index in [4.69, 9.17) is 4.74 Å².